The Morgan fingerprint density at radius 3 is 2.59 bits per heavy atom. The number of hydrogen-bond donors (Lipinski definition) is 1. The number of anilines is 2. The molecule has 0 radical (unpaired) electrons. The monoisotopic (exact) mass is 552 g/mol. The van der Waals surface area contributed by atoms with Gasteiger partial charge in [-0.1, -0.05) is 18.7 Å². The summed E-state index contributed by atoms with van der Waals surface area (Å²) in [5.41, 5.74) is 2.12. The summed E-state index contributed by atoms with van der Waals surface area (Å²) in [6.07, 6.45) is 3.72. The number of piperazine rings is 1. The number of fused-ring (bicyclic) bond motifs is 2. The van der Waals surface area contributed by atoms with E-state index in [1.54, 1.807) is 11.1 Å². The van der Waals surface area contributed by atoms with Gasteiger partial charge in [0.15, 0.2) is 11.5 Å². The maximum absolute atomic E-state index is 12.8. The predicted octanol–water partition coefficient (Wildman–Crippen LogP) is 2.90. The van der Waals surface area contributed by atoms with Crippen LogP contribution in [0.15, 0.2) is 49.2 Å². The fraction of sp³-hybridized carbons (Fsp3) is 0.367. The number of aromatic amines is 1. The van der Waals surface area contributed by atoms with Crippen LogP contribution >= 0.6 is 0 Å². The normalized spacial score (nSPS) is 18.9. The number of para-hydroxylation sites is 1. The van der Waals surface area contributed by atoms with Crippen LogP contribution < -0.4 is 14.5 Å². The highest BCUT2D eigenvalue weighted by molar-refractivity contribution is 5.97. The summed E-state index contributed by atoms with van der Waals surface area (Å²) in [7, 11) is 2.02. The van der Waals surface area contributed by atoms with Crippen molar-refractivity contribution in [3.05, 3.63) is 54.7 Å². The first-order chi connectivity index (χ1) is 19.9. The lowest BCUT2D eigenvalue weighted by Gasteiger charge is -2.50. The lowest BCUT2D eigenvalue weighted by molar-refractivity contribution is -0.126. The lowest BCUT2D eigenvalue weighted by Crippen LogP contribution is -2.70. The average molecular weight is 553 g/mol. The molecule has 2 aromatic heterocycles. The van der Waals surface area contributed by atoms with Crippen LogP contribution in [0.2, 0.25) is 0 Å². The Bertz CT molecular complexity index is 1700. The Morgan fingerprint density at radius 2 is 1.85 bits per heavy atom. The van der Waals surface area contributed by atoms with Gasteiger partial charge in [-0.3, -0.25) is 19.6 Å². The zero-order chi connectivity index (χ0) is 28.3. The first-order valence-corrected chi connectivity index (χ1v) is 13.9. The van der Waals surface area contributed by atoms with Crippen molar-refractivity contribution in [3.8, 4) is 11.5 Å². The molecule has 3 aliphatic heterocycles. The van der Waals surface area contributed by atoms with E-state index >= 15 is 0 Å². The Hall–Kier alpha value is -4.51. The van der Waals surface area contributed by atoms with E-state index in [4.69, 9.17) is 14.7 Å². The quantitative estimate of drug-likeness (QED) is 0.374. The summed E-state index contributed by atoms with van der Waals surface area (Å²) in [6.45, 7) is 9.97. The smallest absolute Gasteiger partial charge is 0.246 e. The topological polar surface area (TPSA) is 111 Å². The standard InChI is InChI=1S/C30H32N8O3/c1-4-25(40)36-12-14-37(15-13-36)28-20-6-5-7-23(41-27-19(2)8-9-22-21(27)16-31-34-22)26(20)32-29(33-28)38-17-30(18-38)24(39)10-11-35(30)3/h4-9,16H,1,10-15,17-18H2,2-3H3,(H,31,34). The van der Waals surface area contributed by atoms with E-state index in [1.165, 1.54) is 6.08 Å². The molecule has 1 amide bonds. The number of nitrogens with one attached hydrogen (secondary N) is 1. The number of Topliss-reactive ketones (excluding diaryl/α,β-unsaturated/α-hetero) is 1. The van der Waals surface area contributed by atoms with Crippen LogP contribution in [0.4, 0.5) is 11.8 Å². The van der Waals surface area contributed by atoms with Gasteiger partial charge >= 0.3 is 0 Å². The van der Waals surface area contributed by atoms with E-state index in [9.17, 15) is 9.59 Å². The Morgan fingerprint density at radius 1 is 1.05 bits per heavy atom. The minimum atomic E-state index is -0.459. The largest absolute Gasteiger partial charge is 0.454 e. The first-order valence-electron chi connectivity index (χ1n) is 13.9. The van der Waals surface area contributed by atoms with E-state index in [-0.39, 0.29) is 11.7 Å². The van der Waals surface area contributed by atoms with Crippen molar-refractivity contribution >= 4 is 45.3 Å². The molecule has 5 heterocycles. The molecule has 0 unspecified atom stereocenters. The molecule has 210 valence electrons. The maximum atomic E-state index is 12.8. The highest BCUT2D eigenvalue weighted by Crippen LogP contribution is 2.41. The summed E-state index contributed by atoms with van der Waals surface area (Å²) in [6, 6.07) is 9.89. The van der Waals surface area contributed by atoms with Gasteiger partial charge in [-0.15, -0.1) is 0 Å². The van der Waals surface area contributed by atoms with Gasteiger partial charge < -0.3 is 19.4 Å². The minimum Gasteiger partial charge on any atom is -0.454 e. The summed E-state index contributed by atoms with van der Waals surface area (Å²) < 4.78 is 6.60. The molecule has 2 aromatic carbocycles. The molecule has 11 nitrogen and oxygen atoms in total. The number of aryl methyl sites for hydroxylation is 1. The van der Waals surface area contributed by atoms with Crippen LogP contribution in [0.5, 0.6) is 11.5 Å². The number of rotatable bonds is 5. The first kappa shape index (κ1) is 25.5. The zero-order valence-corrected chi connectivity index (χ0v) is 23.3. The number of ether oxygens (including phenoxy) is 1. The van der Waals surface area contributed by atoms with Crippen LogP contribution in [0, 0.1) is 6.92 Å². The number of ketones is 1. The van der Waals surface area contributed by atoms with Gasteiger partial charge in [0.1, 0.15) is 22.6 Å². The highest BCUT2D eigenvalue weighted by Gasteiger charge is 2.55. The Kier molecular flexibility index (Phi) is 5.93. The second kappa shape index (κ2) is 9.55. The van der Waals surface area contributed by atoms with E-state index in [1.807, 2.05) is 44.3 Å². The van der Waals surface area contributed by atoms with Crippen LogP contribution in [-0.2, 0) is 9.59 Å². The number of carbonyl (C=O) groups excluding carboxylic acids is 2. The highest BCUT2D eigenvalue weighted by atomic mass is 16.5. The number of likely N-dealkylation sites (N-methyl/N-ethyl adjacent to an activating group) is 1. The van der Waals surface area contributed by atoms with Crippen molar-refractivity contribution in [2.45, 2.75) is 18.9 Å². The number of likely N-dealkylation sites (tertiary alicyclic amines) is 1. The molecule has 0 atom stereocenters. The molecule has 4 aromatic rings. The predicted molar refractivity (Wildman–Crippen MR) is 157 cm³/mol. The third-order valence-electron chi connectivity index (χ3n) is 8.82. The number of hydrogen-bond acceptors (Lipinski definition) is 9. The van der Waals surface area contributed by atoms with Crippen molar-refractivity contribution in [2.75, 3.05) is 62.7 Å². The van der Waals surface area contributed by atoms with E-state index in [0.717, 1.165) is 40.0 Å². The third kappa shape index (κ3) is 4.02. The Labute approximate surface area is 237 Å². The number of carbonyl (C=O) groups is 2. The fourth-order valence-corrected chi connectivity index (χ4v) is 6.25. The SMILES string of the molecule is C=CC(=O)N1CCN(c2nc(N3CC4(C3)C(=O)CCN4C)nc3c(Oc4c(C)ccc5[nH]ncc45)cccc23)CC1. The second-order valence-corrected chi connectivity index (χ2v) is 11.1. The number of benzene rings is 2. The zero-order valence-electron chi connectivity index (χ0n) is 23.3. The molecule has 3 aliphatic rings. The van der Waals surface area contributed by atoms with Gasteiger partial charge in [0, 0.05) is 57.6 Å². The third-order valence-corrected chi connectivity index (χ3v) is 8.82. The molecule has 41 heavy (non-hydrogen) atoms. The van der Waals surface area contributed by atoms with Crippen LogP contribution in [0.1, 0.15) is 12.0 Å². The van der Waals surface area contributed by atoms with Gasteiger partial charge in [-0.25, -0.2) is 4.98 Å². The second-order valence-electron chi connectivity index (χ2n) is 11.1. The molecular weight excluding hydrogens is 520 g/mol. The molecule has 0 aliphatic carbocycles. The van der Waals surface area contributed by atoms with Crippen molar-refractivity contribution in [2.24, 2.45) is 0 Å². The molecule has 3 saturated heterocycles. The summed E-state index contributed by atoms with van der Waals surface area (Å²) >= 11 is 0. The van der Waals surface area contributed by atoms with Gasteiger partial charge in [0.2, 0.25) is 11.9 Å². The van der Waals surface area contributed by atoms with Crippen molar-refractivity contribution in [1.82, 2.24) is 30.0 Å². The van der Waals surface area contributed by atoms with Gasteiger partial charge in [-0.05, 0) is 43.8 Å². The van der Waals surface area contributed by atoms with Crippen LogP contribution in [-0.4, -0.2) is 100 Å². The molecule has 0 saturated carbocycles. The number of aromatic nitrogens is 4. The van der Waals surface area contributed by atoms with Crippen LogP contribution in [0.25, 0.3) is 21.8 Å². The van der Waals surface area contributed by atoms with Gasteiger partial charge in [0.05, 0.1) is 17.1 Å². The summed E-state index contributed by atoms with van der Waals surface area (Å²) in [5, 5.41) is 8.98. The van der Waals surface area contributed by atoms with Crippen molar-refractivity contribution in [3.63, 3.8) is 0 Å². The molecule has 1 N–H and O–H groups in total. The van der Waals surface area contributed by atoms with E-state index in [0.29, 0.717) is 62.9 Å². The van der Waals surface area contributed by atoms with Crippen molar-refractivity contribution < 1.29 is 14.3 Å². The molecule has 3 fully saturated rings. The summed E-state index contributed by atoms with van der Waals surface area (Å²) in [5.74, 6) is 2.94. The maximum Gasteiger partial charge on any atom is 0.246 e. The van der Waals surface area contributed by atoms with Gasteiger partial charge in [-0.2, -0.15) is 10.1 Å². The average Bonchev–Trinajstić information content (AvgIpc) is 3.57. The summed E-state index contributed by atoms with van der Waals surface area (Å²) in [4.78, 5) is 43.4. The number of amides is 1. The number of H-pyrrole nitrogens is 1. The molecule has 0 bridgehead atoms. The minimum absolute atomic E-state index is 0.0615. The molecule has 1 spiro atoms. The fourth-order valence-electron chi connectivity index (χ4n) is 6.25. The Balaban J connectivity index is 1.30. The molecular formula is C30H32N8O3. The van der Waals surface area contributed by atoms with Crippen LogP contribution in [0.3, 0.4) is 0 Å². The molecule has 7 rings (SSSR count). The van der Waals surface area contributed by atoms with Crippen molar-refractivity contribution in [1.29, 1.82) is 0 Å². The lowest BCUT2D eigenvalue weighted by atomic mass is 9.86. The van der Waals surface area contributed by atoms with E-state index in [2.05, 4.69) is 31.5 Å². The number of nitrogens with zero attached hydrogens (tertiary/aromatic N) is 7. The van der Waals surface area contributed by atoms with E-state index < -0.39 is 5.54 Å². The van der Waals surface area contributed by atoms with Gasteiger partial charge in [0.25, 0.3) is 0 Å². The molecule has 11 heteroatoms.